The lowest BCUT2D eigenvalue weighted by Gasteiger charge is -2.31. The molecule has 4 heterocycles. The second-order valence-electron chi connectivity index (χ2n) is 9.01. The van der Waals surface area contributed by atoms with E-state index in [9.17, 15) is 4.79 Å². The van der Waals surface area contributed by atoms with Crippen molar-refractivity contribution < 1.29 is 4.79 Å². The molecule has 0 unspecified atom stereocenters. The van der Waals surface area contributed by atoms with Gasteiger partial charge in [0, 0.05) is 35.4 Å². The molecule has 0 radical (unpaired) electrons. The molecule has 7 nitrogen and oxygen atoms in total. The van der Waals surface area contributed by atoms with E-state index in [1.165, 1.54) is 0 Å². The zero-order valence-corrected chi connectivity index (χ0v) is 19.0. The third-order valence-corrected chi connectivity index (χ3v) is 7.00. The number of nitrogens with one attached hydrogen (secondary N) is 3. The number of carbonyl (C=O) groups excluding carboxylic acids is 1. The second kappa shape index (κ2) is 9.08. The Labute approximate surface area is 193 Å². The van der Waals surface area contributed by atoms with Gasteiger partial charge in [-0.15, -0.1) is 0 Å². The number of nitrogens with zero attached hydrogens (tertiary/aromatic N) is 3. The van der Waals surface area contributed by atoms with Crippen LogP contribution in [0.15, 0.2) is 36.7 Å². The Balaban J connectivity index is 1.21. The minimum atomic E-state index is 0.0413. The van der Waals surface area contributed by atoms with Crippen LogP contribution in [0.2, 0.25) is 5.15 Å². The van der Waals surface area contributed by atoms with Gasteiger partial charge in [0.1, 0.15) is 16.6 Å². The van der Waals surface area contributed by atoms with Gasteiger partial charge in [0.05, 0.1) is 6.04 Å². The van der Waals surface area contributed by atoms with E-state index < -0.39 is 0 Å². The fourth-order valence-corrected chi connectivity index (χ4v) is 5.26. The summed E-state index contributed by atoms with van der Waals surface area (Å²) in [6.07, 6.45) is 9.74. The van der Waals surface area contributed by atoms with Crippen molar-refractivity contribution in [2.24, 2.45) is 0 Å². The number of H-pyrrole nitrogens is 1. The number of likely N-dealkylation sites (tertiary alicyclic amines) is 1. The van der Waals surface area contributed by atoms with Gasteiger partial charge in [0.25, 0.3) is 0 Å². The number of anilines is 1. The fourth-order valence-electron chi connectivity index (χ4n) is 5.05. The fraction of sp³-hybridized carbons (Fsp3) is 0.458. The van der Waals surface area contributed by atoms with Crippen LogP contribution in [0, 0.1) is 0 Å². The normalized spacial score (nSPS) is 24.0. The summed E-state index contributed by atoms with van der Waals surface area (Å²) < 4.78 is 0. The smallest absolute Gasteiger partial charge is 0.237 e. The van der Waals surface area contributed by atoms with Crippen LogP contribution in [0.25, 0.3) is 22.2 Å². The number of halogens is 1. The average Bonchev–Trinajstić information content (AvgIpc) is 3.41. The molecule has 0 aromatic carbocycles. The molecule has 3 aromatic heterocycles. The van der Waals surface area contributed by atoms with E-state index >= 15 is 0 Å². The molecule has 1 amide bonds. The molecular weight excluding hydrogens is 424 g/mol. The highest BCUT2D eigenvalue weighted by Gasteiger charge is 2.30. The van der Waals surface area contributed by atoms with E-state index in [4.69, 9.17) is 11.6 Å². The lowest BCUT2D eigenvalue weighted by molar-refractivity contribution is -0.126. The van der Waals surface area contributed by atoms with Crippen LogP contribution in [-0.4, -0.2) is 57.5 Å². The van der Waals surface area contributed by atoms with Crippen molar-refractivity contribution in [1.82, 2.24) is 25.2 Å². The number of pyridine rings is 2. The van der Waals surface area contributed by atoms with E-state index in [0.717, 1.165) is 73.0 Å². The molecule has 168 valence electrons. The molecule has 1 aliphatic heterocycles. The maximum Gasteiger partial charge on any atom is 0.237 e. The van der Waals surface area contributed by atoms with Crippen LogP contribution in [-0.2, 0) is 4.79 Å². The van der Waals surface area contributed by atoms with Gasteiger partial charge in [0.2, 0.25) is 5.91 Å². The van der Waals surface area contributed by atoms with Crippen molar-refractivity contribution in [3.05, 3.63) is 41.8 Å². The highest BCUT2D eigenvalue weighted by atomic mass is 35.5. The Morgan fingerprint density at radius 2 is 2.00 bits per heavy atom. The summed E-state index contributed by atoms with van der Waals surface area (Å²) in [4.78, 5) is 26.8. The lowest BCUT2D eigenvalue weighted by atomic mass is 9.91. The number of hydrogen-bond donors (Lipinski definition) is 3. The number of fused-ring (bicyclic) bond motifs is 1. The van der Waals surface area contributed by atoms with Crippen molar-refractivity contribution in [2.75, 3.05) is 18.9 Å². The summed E-state index contributed by atoms with van der Waals surface area (Å²) in [5.74, 6) is 0.974. The summed E-state index contributed by atoms with van der Waals surface area (Å²) in [6.45, 7) is 1.01. The third kappa shape index (κ3) is 4.45. The van der Waals surface area contributed by atoms with E-state index in [0.29, 0.717) is 11.2 Å². The van der Waals surface area contributed by atoms with Crippen LogP contribution < -0.4 is 10.6 Å². The van der Waals surface area contributed by atoms with E-state index in [1.807, 2.05) is 31.4 Å². The summed E-state index contributed by atoms with van der Waals surface area (Å²) in [7, 11) is 2.04. The molecular formula is C24H29ClN6O. The number of carbonyl (C=O) groups is 1. The maximum absolute atomic E-state index is 12.6. The van der Waals surface area contributed by atoms with Gasteiger partial charge in [-0.2, -0.15) is 0 Å². The van der Waals surface area contributed by atoms with Gasteiger partial charge >= 0.3 is 0 Å². The molecule has 2 aliphatic rings. The van der Waals surface area contributed by atoms with E-state index in [1.54, 1.807) is 6.20 Å². The summed E-state index contributed by atoms with van der Waals surface area (Å²) in [5.41, 5.74) is 2.92. The molecule has 1 atom stereocenters. The Morgan fingerprint density at radius 3 is 2.78 bits per heavy atom. The molecule has 1 saturated carbocycles. The van der Waals surface area contributed by atoms with Crippen LogP contribution in [0.4, 0.5) is 5.82 Å². The maximum atomic E-state index is 12.6. The molecule has 0 bridgehead atoms. The van der Waals surface area contributed by atoms with Gasteiger partial charge < -0.3 is 15.6 Å². The Morgan fingerprint density at radius 1 is 1.19 bits per heavy atom. The van der Waals surface area contributed by atoms with E-state index in [-0.39, 0.29) is 18.0 Å². The van der Waals surface area contributed by atoms with Crippen molar-refractivity contribution in [3.63, 3.8) is 0 Å². The number of likely N-dealkylation sites (N-methyl/N-ethyl adjacent to an activating group) is 1. The molecule has 1 aliphatic carbocycles. The Bertz CT molecular complexity index is 1110. The predicted molar refractivity (Wildman–Crippen MR) is 128 cm³/mol. The van der Waals surface area contributed by atoms with Crippen LogP contribution in [0.5, 0.6) is 0 Å². The topological polar surface area (TPSA) is 85.9 Å². The summed E-state index contributed by atoms with van der Waals surface area (Å²) in [6, 6.07) is 8.54. The number of hydrogen-bond acceptors (Lipinski definition) is 5. The quantitative estimate of drug-likeness (QED) is 0.505. The number of rotatable bonds is 5. The minimum Gasteiger partial charge on any atom is -0.367 e. The Hall–Kier alpha value is -2.64. The molecule has 3 N–H and O–H groups in total. The Kier molecular flexibility index (Phi) is 6.02. The van der Waals surface area contributed by atoms with E-state index in [2.05, 4.69) is 36.6 Å². The second-order valence-corrected chi connectivity index (χ2v) is 9.39. The summed E-state index contributed by atoms with van der Waals surface area (Å²) in [5, 5.41) is 8.36. The standard InChI is InChI=1S/C24H29ClN6O/c1-31-11-3-5-20(31)24(32)29-17-8-6-16(7-9-17)28-22-13-15(12-21(25)30-22)19-14-27-23-18(19)4-2-10-26-23/h2,4,10,12-14,16-17,20H,3,5-9,11H2,1H3,(H,26,27)(H,28,30)(H,29,32)/t16-,17-,20-/m0/s1. The molecule has 5 rings (SSSR count). The van der Waals surface area contributed by atoms with Crippen molar-refractivity contribution in [1.29, 1.82) is 0 Å². The van der Waals surface area contributed by atoms with Crippen molar-refractivity contribution in [2.45, 2.75) is 56.7 Å². The summed E-state index contributed by atoms with van der Waals surface area (Å²) >= 11 is 6.36. The van der Waals surface area contributed by atoms with Crippen LogP contribution in [0.3, 0.4) is 0 Å². The first kappa shape index (κ1) is 21.2. The minimum absolute atomic E-state index is 0.0413. The van der Waals surface area contributed by atoms with Crippen LogP contribution >= 0.6 is 11.6 Å². The molecule has 3 aromatic rings. The molecule has 32 heavy (non-hydrogen) atoms. The number of aromatic nitrogens is 3. The highest BCUT2D eigenvalue weighted by Crippen LogP contribution is 2.31. The molecule has 1 saturated heterocycles. The van der Waals surface area contributed by atoms with Gasteiger partial charge in [-0.25, -0.2) is 9.97 Å². The third-order valence-electron chi connectivity index (χ3n) is 6.80. The highest BCUT2D eigenvalue weighted by molar-refractivity contribution is 6.29. The SMILES string of the molecule is CN1CCC[C@H]1C(=O)N[C@H]1CC[C@H](Nc2cc(-c3c[nH]c4ncccc34)cc(Cl)n2)CC1. The largest absolute Gasteiger partial charge is 0.367 e. The molecule has 2 fully saturated rings. The van der Waals surface area contributed by atoms with Crippen LogP contribution in [0.1, 0.15) is 38.5 Å². The van der Waals surface area contributed by atoms with Gasteiger partial charge in [-0.1, -0.05) is 11.6 Å². The zero-order chi connectivity index (χ0) is 22.1. The molecule has 0 spiro atoms. The average molecular weight is 453 g/mol. The molecule has 8 heteroatoms. The first-order valence-electron chi connectivity index (χ1n) is 11.4. The van der Waals surface area contributed by atoms with Gasteiger partial charge in [-0.05, 0) is 81.9 Å². The first-order chi connectivity index (χ1) is 15.6. The van der Waals surface area contributed by atoms with Crippen molar-refractivity contribution in [3.8, 4) is 11.1 Å². The lowest BCUT2D eigenvalue weighted by Crippen LogP contribution is -2.47. The number of aromatic amines is 1. The van der Waals surface area contributed by atoms with Gasteiger partial charge in [-0.3, -0.25) is 9.69 Å². The zero-order valence-electron chi connectivity index (χ0n) is 18.3. The monoisotopic (exact) mass is 452 g/mol. The predicted octanol–water partition coefficient (Wildman–Crippen LogP) is 4.21. The van der Waals surface area contributed by atoms with Crippen molar-refractivity contribution >= 4 is 34.4 Å². The number of amides is 1. The van der Waals surface area contributed by atoms with Gasteiger partial charge in [0.15, 0.2) is 0 Å². The first-order valence-corrected chi connectivity index (χ1v) is 11.8.